The SMILES string of the molecule is Cc1ccc2c(sc3c(-c4ccccc4)cc(C(C)(C)C)cc32)c1C. The molecule has 126 valence electrons. The third-order valence-corrected chi connectivity index (χ3v) is 6.58. The second kappa shape index (κ2) is 5.71. The first-order chi connectivity index (χ1) is 11.9. The van der Waals surface area contributed by atoms with Gasteiger partial charge in [0.15, 0.2) is 0 Å². The predicted molar refractivity (Wildman–Crippen MR) is 113 cm³/mol. The molecule has 1 heteroatoms. The van der Waals surface area contributed by atoms with Gasteiger partial charge in [0.1, 0.15) is 0 Å². The average molecular weight is 345 g/mol. The zero-order valence-corrected chi connectivity index (χ0v) is 16.4. The summed E-state index contributed by atoms with van der Waals surface area (Å²) in [6.07, 6.45) is 0. The molecule has 0 nitrogen and oxygen atoms in total. The van der Waals surface area contributed by atoms with Gasteiger partial charge in [-0.15, -0.1) is 11.3 Å². The van der Waals surface area contributed by atoms with E-state index in [-0.39, 0.29) is 5.41 Å². The van der Waals surface area contributed by atoms with Gasteiger partial charge in [-0.1, -0.05) is 63.2 Å². The van der Waals surface area contributed by atoms with Crippen molar-refractivity contribution in [3.05, 3.63) is 71.3 Å². The molecule has 1 aromatic heterocycles. The van der Waals surface area contributed by atoms with Crippen molar-refractivity contribution in [1.29, 1.82) is 0 Å². The standard InChI is InChI=1S/C24H24S/c1-15-11-12-19-21-14-18(24(3,4)5)13-20(17-9-7-6-8-10-17)23(21)25-22(19)16(15)2/h6-14H,1-5H3. The Labute approximate surface area is 154 Å². The summed E-state index contributed by atoms with van der Waals surface area (Å²) in [5, 5.41) is 2.79. The lowest BCUT2D eigenvalue weighted by molar-refractivity contribution is 0.591. The van der Waals surface area contributed by atoms with Gasteiger partial charge in [-0.05, 0) is 59.2 Å². The smallest absolute Gasteiger partial charge is 0.0434 e. The third kappa shape index (κ3) is 2.67. The molecule has 1 heterocycles. The van der Waals surface area contributed by atoms with E-state index in [4.69, 9.17) is 0 Å². The molecular formula is C24H24S. The van der Waals surface area contributed by atoms with Crippen molar-refractivity contribution >= 4 is 31.5 Å². The van der Waals surface area contributed by atoms with Gasteiger partial charge in [0, 0.05) is 20.2 Å². The zero-order chi connectivity index (χ0) is 17.8. The number of rotatable bonds is 1. The molecule has 0 saturated carbocycles. The van der Waals surface area contributed by atoms with Crippen LogP contribution in [0.1, 0.15) is 37.5 Å². The number of hydrogen-bond donors (Lipinski definition) is 0. The maximum absolute atomic E-state index is 2.41. The molecule has 0 aliphatic heterocycles. The van der Waals surface area contributed by atoms with Crippen LogP contribution in [-0.4, -0.2) is 0 Å². The molecule has 0 saturated heterocycles. The number of aryl methyl sites for hydroxylation is 2. The molecule has 4 aromatic rings. The maximum Gasteiger partial charge on any atom is 0.0434 e. The predicted octanol–water partition coefficient (Wildman–Crippen LogP) is 7.64. The molecule has 25 heavy (non-hydrogen) atoms. The van der Waals surface area contributed by atoms with E-state index in [0.717, 1.165) is 0 Å². The number of benzene rings is 3. The molecule has 0 aliphatic carbocycles. The van der Waals surface area contributed by atoms with E-state index in [2.05, 4.69) is 89.2 Å². The lowest BCUT2D eigenvalue weighted by Crippen LogP contribution is -2.10. The minimum Gasteiger partial charge on any atom is -0.134 e. The molecule has 0 atom stereocenters. The molecule has 0 radical (unpaired) electrons. The summed E-state index contributed by atoms with van der Waals surface area (Å²) in [5.74, 6) is 0. The second-order valence-corrected chi connectivity index (χ2v) is 9.02. The average Bonchev–Trinajstić information content (AvgIpc) is 2.97. The third-order valence-electron chi connectivity index (χ3n) is 5.21. The molecule has 0 unspecified atom stereocenters. The van der Waals surface area contributed by atoms with E-state index in [1.54, 1.807) is 0 Å². The Balaban J connectivity index is 2.17. The summed E-state index contributed by atoms with van der Waals surface area (Å²) in [7, 11) is 0. The summed E-state index contributed by atoms with van der Waals surface area (Å²) < 4.78 is 2.83. The molecule has 0 N–H and O–H groups in total. The second-order valence-electron chi connectivity index (χ2n) is 8.00. The summed E-state index contributed by atoms with van der Waals surface area (Å²) >= 11 is 1.94. The summed E-state index contributed by atoms with van der Waals surface area (Å²) in [6, 6.07) is 20.2. The highest BCUT2D eigenvalue weighted by molar-refractivity contribution is 7.26. The largest absolute Gasteiger partial charge is 0.134 e. The monoisotopic (exact) mass is 344 g/mol. The van der Waals surface area contributed by atoms with Gasteiger partial charge in [-0.3, -0.25) is 0 Å². The fourth-order valence-corrected chi connectivity index (χ4v) is 4.81. The van der Waals surface area contributed by atoms with E-state index in [9.17, 15) is 0 Å². The lowest BCUT2D eigenvalue weighted by Gasteiger charge is -2.21. The van der Waals surface area contributed by atoms with Crippen molar-refractivity contribution < 1.29 is 0 Å². The summed E-state index contributed by atoms with van der Waals surface area (Å²) in [4.78, 5) is 0. The van der Waals surface area contributed by atoms with Crippen molar-refractivity contribution in [2.24, 2.45) is 0 Å². The van der Waals surface area contributed by atoms with Gasteiger partial charge in [-0.25, -0.2) is 0 Å². The van der Waals surface area contributed by atoms with Crippen LogP contribution >= 0.6 is 11.3 Å². The minimum absolute atomic E-state index is 0.131. The van der Waals surface area contributed by atoms with Crippen LogP contribution in [0.3, 0.4) is 0 Å². The van der Waals surface area contributed by atoms with Crippen molar-refractivity contribution in [3.63, 3.8) is 0 Å². The normalized spacial score (nSPS) is 12.2. The van der Waals surface area contributed by atoms with E-state index in [1.165, 1.54) is 48.0 Å². The van der Waals surface area contributed by atoms with E-state index >= 15 is 0 Å². The number of fused-ring (bicyclic) bond motifs is 3. The quantitative estimate of drug-likeness (QED) is 0.333. The number of thiophene rings is 1. The van der Waals surface area contributed by atoms with Gasteiger partial charge < -0.3 is 0 Å². The Hall–Kier alpha value is -2.12. The fraction of sp³-hybridized carbons (Fsp3) is 0.250. The van der Waals surface area contributed by atoms with Gasteiger partial charge in [-0.2, -0.15) is 0 Å². The summed E-state index contributed by atoms with van der Waals surface area (Å²) in [5.41, 5.74) is 6.98. The molecular weight excluding hydrogens is 320 g/mol. The highest BCUT2D eigenvalue weighted by Gasteiger charge is 2.19. The molecule has 0 bridgehead atoms. The minimum atomic E-state index is 0.131. The fourth-order valence-electron chi connectivity index (χ4n) is 3.44. The van der Waals surface area contributed by atoms with Gasteiger partial charge in [0.2, 0.25) is 0 Å². The number of hydrogen-bond acceptors (Lipinski definition) is 1. The lowest BCUT2D eigenvalue weighted by atomic mass is 9.84. The Kier molecular flexibility index (Phi) is 3.73. The maximum atomic E-state index is 2.41. The Bertz CT molecular complexity index is 1080. The molecule has 0 amide bonds. The first kappa shape index (κ1) is 16.4. The summed E-state index contributed by atoms with van der Waals surface area (Å²) in [6.45, 7) is 11.4. The van der Waals surface area contributed by atoms with Crippen molar-refractivity contribution in [1.82, 2.24) is 0 Å². The zero-order valence-electron chi connectivity index (χ0n) is 15.6. The van der Waals surface area contributed by atoms with Crippen LogP contribution in [-0.2, 0) is 5.41 Å². The van der Waals surface area contributed by atoms with Gasteiger partial charge >= 0.3 is 0 Å². The van der Waals surface area contributed by atoms with E-state index < -0.39 is 0 Å². The van der Waals surface area contributed by atoms with Crippen molar-refractivity contribution in [2.75, 3.05) is 0 Å². The van der Waals surface area contributed by atoms with Crippen LogP contribution in [0.25, 0.3) is 31.3 Å². The van der Waals surface area contributed by atoms with Crippen molar-refractivity contribution in [2.45, 2.75) is 40.0 Å². The molecule has 3 aromatic carbocycles. The molecule has 4 rings (SSSR count). The Morgan fingerprint density at radius 2 is 1.48 bits per heavy atom. The molecule has 0 fully saturated rings. The molecule has 0 spiro atoms. The van der Waals surface area contributed by atoms with Crippen LogP contribution in [0.2, 0.25) is 0 Å². The van der Waals surface area contributed by atoms with Crippen LogP contribution < -0.4 is 0 Å². The Morgan fingerprint density at radius 1 is 0.760 bits per heavy atom. The highest BCUT2D eigenvalue weighted by Crippen LogP contribution is 2.44. The first-order valence-electron chi connectivity index (χ1n) is 8.88. The first-order valence-corrected chi connectivity index (χ1v) is 9.70. The van der Waals surface area contributed by atoms with Crippen LogP contribution in [0.5, 0.6) is 0 Å². The van der Waals surface area contributed by atoms with Crippen molar-refractivity contribution in [3.8, 4) is 11.1 Å². The highest BCUT2D eigenvalue weighted by atomic mass is 32.1. The Morgan fingerprint density at radius 3 is 2.16 bits per heavy atom. The van der Waals surface area contributed by atoms with Gasteiger partial charge in [0.25, 0.3) is 0 Å². The van der Waals surface area contributed by atoms with Crippen LogP contribution in [0, 0.1) is 13.8 Å². The van der Waals surface area contributed by atoms with E-state index in [0.29, 0.717) is 0 Å². The van der Waals surface area contributed by atoms with Crippen LogP contribution in [0.15, 0.2) is 54.6 Å². The molecule has 0 aliphatic rings. The van der Waals surface area contributed by atoms with Crippen LogP contribution in [0.4, 0.5) is 0 Å². The van der Waals surface area contributed by atoms with Gasteiger partial charge in [0.05, 0.1) is 0 Å². The topological polar surface area (TPSA) is 0 Å². The van der Waals surface area contributed by atoms with E-state index in [1.807, 2.05) is 11.3 Å².